The van der Waals surface area contributed by atoms with Crippen LogP contribution in [0.4, 0.5) is 0 Å². The summed E-state index contributed by atoms with van der Waals surface area (Å²) >= 11 is 0. The van der Waals surface area contributed by atoms with Gasteiger partial charge in [0.25, 0.3) is 0 Å². The Balaban J connectivity index is 5.43. The smallest absolute Gasteiger partial charge is 0.325 e. The number of carboxylic acids is 1. The molecule has 0 heterocycles. The Morgan fingerprint density at radius 3 is 1.84 bits per heavy atom. The fourth-order valence-corrected chi connectivity index (χ4v) is 4.10. The van der Waals surface area contributed by atoms with Crippen molar-refractivity contribution in [1.82, 2.24) is 0 Å². The van der Waals surface area contributed by atoms with Crippen LogP contribution in [-0.2, 0) is 9.36 Å². The first-order valence-corrected chi connectivity index (χ1v) is 8.81. The van der Waals surface area contributed by atoms with Gasteiger partial charge in [-0.05, 0) is 25.2 Å². The maximum absolute atomic E-state index is 11.8. The van der Waals surface area contributed by atoms with Gasteiger partial charge >= 0.3 is 13.6 Å². The second kappa shape index (κ2) is 8.03. The lowest BCUT2D eigenvalue weighted by molar-refractivity contribution is -0.154. The monoisotopic (exact) mass is 294 g/mol. The maximum atomic E-state index is 11.8. The molecule has 0 saturated heterocycles. The highest BCUT2D eigenvalue weighted by atomic mass is 31.2. The minimum atomic E-state index is -4.20. The number of aliphatic carboxylic acids is 1. The van der Waals surface area contributed by atoms with Crippen LogP contribution in [0.5, 0.6) is 0 Å². The van der Waals surface area contributed by atoms with Gasteiger partial charge < -0.3 is 14.9 Å². The summed E-state index contributed by atoms with van der Waals surface area (Å²) in [7, 11) is -4.20. The van der Waals surface area contributed by atoms with Gasteiger partial charge in [0, 0.05) is 0 Å². The summed E-state index contributed by atoms with van der Waals surface area (Å²) in [6.45, 7) is 5.73. The van der Waals surface area contributed by atoms with Crippen molar-refractivity contribution in [2.75, 3.05) is 6.16 Å². The van der Waals surface area contributed by atoms with E-state index in [1.165, 1.54) is 0 Å². The quantitative estimate of drug-likeness (QED) is 0.538. The molecular weight excluding hydrogens is 267 g/mol. The standard InChI is InChI=1S/C13H27O5P/c1-4-7-11(10-19(16,17)18)13(8-5-2,9-6-3)12(14)15/h11H,4-10H2,1-3H3,(H,14,15)(H2,16,17,18). The van der Waals surface area contributed by atoms with E-state index in [1.807, 2.05) is 20.8 Å². The molecule has 0 radical (unpaired) electrons. The molecule has 0 amide bonds. The van der Waals surface area contributed by atoms with Gasteiger partial charge in [-0.3, -0.25) is 9.36 Å². The number of carbonyl (C=O) groups is 1. The van der Waals surface area contributed by atoms with Crippen LogP contribution in [0.1, 0.15) is 59.3 Å². The lowest BCUT2D eigenvalue weighted by Crippen LogP contribution is -2.40. The van der Waals surface area contributed by atoms with Crippen LogP contribution in [-0.4, -0.2) is 27.0 Å². The molecule has 19 heavy (non-hydrogen) atoms. The number of rotatable bonds is 10. The van der Waals surface area contributed by atoms with E-state index in [4.69, 9.17) is 0 Å². The number of hydrogen-bond acceptors (Lipinski definition) is 2. The minimum Gasteiger partial charge on any atom is -0.481 e. The van der Waals surface area contributed by atoms with Crippen molar-refractivity contribution in [1.29, 1.82) is 0 Å². The normalized spacial score (nSPS) is 14.4. The first-order valence-electron chi connectivity index (χ1n) is 7.01. The predicted molar refractivity (Wildman–Crippen MR) is 75.2 cm³/mol. The third-order valence-corrected chi connectivity index (χ3v) is 4.61. The second-order valence-corrected chi connectivity index (χ2v) is 6.99. The van der Waals surface area contributed by atoms with Gasteiger partial charge in [-0.2, -0.15) is 0 Å². The molecule has 0 aromatic rings. The summed E-state index contributed by atoms with van der Waals surface area (Å²) in [6, 6.07) is 0. The molecule has 0 bridgehead atoms. The molecule has 0 saturated carbocycles. The molecule has 0 aromatic carbocycles. The van der Waals surface area contributed by atoms with Crippen LogP contribution < -0.4 is 0 Å². The second-order valence-electron chi connectivity index (χ2n) is 5.29. The SMILES string of the molecule is CCCC(CP(=O)(O)O)C(CCC)(CCC)C(=O)O. The fraction of sp³-hybridized carbons (Fsp3) is 0.923. The van der Waals surface area contributed by atoms with Gasteiger partial charge in [0.15, 0.2) is 0 Å². The molecule has 1 unspecified atom stereocenters. The molecule has 5 nitrogen and oxygen atoms in total. The Morgan fingerprint density at radius 2 is 1.58 bits per heavy atom. The van der Waals surface area contributed by atoms with E-state index in [2.05, 4.69) is 0 Å². The zero-order valence-corrected chi connectivity index (χ0v) is 13.0. The van der Waals surface area contributed by atoms with Crippen molar-refractivity contribution >= 4 is 13.6 Å². The Morgan fingerprint density at radius 1 is 1.11 bits per heavy atom. The predicted octanol–water partition coefficient (Wildman–Crippen LogP) is 3.25. The highest BCUT2D eigenvalue weighted by molar-refractivity contribution is 7.51. The Hall–Kier alpha value is -0.380. The van der Waals surface area contributed by atoms with Crippen LogP contribution in [0.2, 0.25) is 0 Å². The van der Waals surface area contributed by atoms with Gasteiger partial charge in [-0.25, -0.2) is 0 Å². The fourth-order valence-electron chi connectivity index (χ4n) is 2.99. The van der Waals surface area contributed by atoms with Gasteiger partial charge in [0.2, 0.25) is 0 Å². The zero-order valence-electron chi connectivity index (χ0n) is 12.1. The molecule has 0 aliphatic rings. The summed E-state index contributed by atoms with van der Waals surface area (Å²) in [6.07, 6.45) is 3.29. The molecular formula is C13H27O5P. The Labute approximate surface area is 115 Å². The van der Waals surface area contributed by atoms with E-state index in [9.17, 15) is 24.3 Å². The third kappa shape index (κ3) is 5.64. The van der Waals surface area contributed by atoms with Crippen LogP contribution in [0, 0.1) is 11.3 Å². The summed E-state index contributed by atoms with van der Waals surface area (Å²) < 4.78 is 11.3. The van der Waals surface area contributed by atoms with E-state index >= 15 is 0 Å². The molecule has 1 atom stereocenters. The summed E-state index contributed by atoms with van der Waals surface area (Å²) in [4.78, 5) is 30.2. The lowest BCUT2D eigenvalue weighted by Gasteiger charge is -2.37. The highest BCUT2D eigenvalue weighted by Gasteiger charge is 2.45. The van der Waals surface area contributed by atoms with E-state index in [0.717, 1.165) is 6.42 Å². The molecule has 3 N–H and O–H groups in total. The average molecular weight is 294 g/mol. The van der Waals surface area contributed by atoms with Crippen molar-refractivity contribution < 1.29 is 24.3 Å². The average Bonchev–Trinajstić information content (AvgIpc) is 2.26. The molecule has 0 aliphatic carbocycles. The van der Waals surface area contributed by atoms with E-state index in [-0.39, 0.29) is 6.16 Å². The van der Waals surface area contributed by atoms with Gasteiger partial charge in [0.1, 0.15) is 0 Å². The van der Waals surface area contributed by atoms with Gasteiger partial charge in [0.05, 0.1) is 11.6 Å². The maximum Gasteiger partial charge on any atom is 0.325 e. The minimum absolute atomic E-state index is 0.326. The van der Waals surface area contributed by atoms with E-state index in [0.29, 0.717) is 32.1 Å². The topological polar surface area (TPSA) is 94.8 Å². The summed E-state index contributed by atoms with van der Waals surface area (Å²) in [5.74, 6) is -1.38. The molecule has 0 aliphatic heterocycles. The number of hydrogen-bond donors (Lipinski definition) is 3. The Kier molecular flexibility index (Phi) is 7.87. The van der Waals surface area contributed by atoms with Gasteiger partial charge in [-0.15, -0.1) is 0 Å². The molecule has 0 aromatic heterocycles. The number of carboxylic acid groups (broad SMARTS) is 1. The van der Waals surface area contributed by atoms with Crippen molar-refractivity contribution in [2.24, 2.45) is 11.3 Å². The van der Waals surface area contributed by atoms with Crippen molar-refractivity contribution in [2.45, 2.75) is 59.3 Å². The molecule has 6 heteroatoms. The van der Waals surface area contributed by atoms with Crippen LogP contribution >= 0.6 is 7.60 Å². The van der Waals surface area contributed by atoms with Gasteiger partial charge in [-0.1, -0.05) is 40.0 Å². The van der Waals surface area contributed by atoms with Crippen molar-refractivity contribution in [3.8, 4) is 0 Å². The first-order chi connectivity index (χ1) is 8.73. The molecule has 0 spiro atoms. The van der Waals surface area contributed by atoms with E-state index in [1.54, 1.807) is 0 Å². The lowest BCUT2D eigenvalue weighted by atomic mass is 9.68. The highest BCUT2D eigenvalue weighted by Crippen LogP contribution is 2.48. The summed E-state index contributed by atoms with van der Waals surface area (Å²) in [5.41, 5.74) is -0.999. The van der Waals surface area contributed by atoms with Crippen LogP contribution in [0.3, 0.4) is 0 Å². The Bertz CT molecular complexity index is 317. The van der Waals surface area contributed by atoms with Crippen molar-refractivity contribution in [3.05, 3.63) is 0 Å². The molecule has 114 valence electrons. The molecule has 0 fully saturated rings. The largest absolute Gasteiger partial charge is 0.481 e. The van der Waals surface area contributed by atoms with Crippen LogP contribution in [0.25, 0.3) is 0 Å². The first kappa shape index (κ1) is 18.6. The van der Waals surface area contributed by atoms with Crippen molar-refractivity contribution in [3.63, 3.8) is 0 Å². The molecule has 0 rings (SSSR count). The van der Waals surface area contributed by atoms with E-state index < -0.39 is 24.9 Å². The van der Waals surface area contributed by atoms with Crippen LogP contribution in [0.15, 0.2) is 0 Å². The zero-order chi connectivity index (χ0) is 15.1. The summed E-state index contributed by atoms with van der Waals surface area (Å²) in [5, 5.41) is 9.63. The third-order valence-electron chi connectivity index (χ3n) is 3.69.